The van der Waals surface area contributed by atoms with E-state index >= 15 is 0 Å². The van der Waals surface area contributed by atoms with Crippen LogP contribution < -0.4 is 0 Å². The molecule has 4 fully saturated rings. The van der Waals surface area contributed by atoms with Gasteiger partial charge in [-0.25, -0.2) is 0 Å². The van der Waals surface area contributed by atoms with Gasteiger partial charge in [0, 0.05) is 0 Å². The van der Waals surface area contributed by atoms with E-state index in [1.165, 1.54) is 0 Å². The highest BCUT2D eigenvalue weighted by molar-refractivity contribution is 4.77. The molecular weight excluding hydrogens is 268 g/mol. The Balaban J connectivity index is 1.33. The van der Waals surface area contributed by atoms with E-state index < -0.39 is 0 Å². The number of hydrogen-bond acceptors (Lipinski definition) is 8. The Morgan fingerprint density at radius 3 is 1.14 bits per heavy atom. The summed E-state index contributed by atoms with van der Waals surface area (Å²) in [7, 11) is 4.41. The molecule has 4 aliphatic heterocycles. The van der Waals surface area contributed by atoms with Crippen molar-refractivity contribution in [2.45, 2.75) is 0 Å². The van der Waals surface area contributed by atoms with Crippen molar-refractivity contribution < 1.29 is 0 Å². The second-order valence-electron chi connectivity index (χ2n) is 7.29. The fraction of sp³-hybridized carbons (Fsp3) is 1.00. The van der Waals surface area contributed by atoms with Gasteiger partial charge in [-0.05, 0) is 14.1 Å². The van der Waals surface area contributed by atoms with Crippen LogP contribution in [0.3, 0.4) is 0 Å². The molecule has 0 aromatic carbocycles. The average Bonchev–Trinajstić information content (AvgIpc) is 2.35. The fourth-order valence-electron chi connectivity index (χ4n) is 4.24. The van der Waals surface area contributed by atoms with E-state index in [0.29, 0.717) is 0 Å². The third-order valence-electron chi connectivity index (χ3n) is 4.57. The molecule has 4 rings (SSSR count). The molecule has 0 N–H and O–H groups in total. The third-order valence-corrected chi connectivity index (χ3v) is 4.57. The lowest BCUT2D eigenvalue weighted by Crippen LogP contribution is -2.67. The molecule has 0 aliphatic carbocycles. The van der Waals surface area contributed by atoms with E-state index in [9.17, 15) is 0 Å². The second-order valence-corrected chi connectivity index (χ2v) is 7.29. The molecule has 8 heteroatoms. The summed E-state index contributed by atoms with van der Waals surface area (Å²) in [5.74, 6) is 0. The molecule has 8 nitrogen and oxygen atoms in total. The zero-order valence-electron chi connectivity index (χ0n) is 13.4. The molecule has 4 bridgehead atoms. The van der Waals surface area contributed by atoms with E-state index in [1.807, 2.05) is 0 Å². The van der Waals surface area contributed by atoms with Gasteiger partial charge in [-0.2, -0.15) is 0 Å². The summed E-state index contributed by atoms with van der Waals surface area (Å²) >= 11 is 0. The molecule has 0 aromatic rings. The van der Waals surface area contributed by atoms with Crippen molar-refractivity contribution in [1.82, 2.24) is 39.2 Å². The Bertz CT molecular complexity index is 309. The first kappa shape index (κ1) is 14.3. The Morgan fingerprint density at radius 2 is 0.810 bits per heavy atom. The Morgan fingerprint density at radius 1 is 0.476 bits per heavy atom. The van der Waals surface area contributed by atoms with Crippen molar-refractivity contribution >= 4 is 0 Å². The first-order valence-corrected chi connectivity index (χ1v) is 7.85. The molecule has 0 radical (unpaired) electrons. The van der Waals surface area contributed by atoms with Crippen LogP contribution in [0.5, 0.6) is 0 Å². The van der Waals surface area contributed by atoms with Crippen LogP contribution in [-0.4, -0.2) is 127 Å². The van der Waals surface area contributed by atoms with Crippen LogP contribution in [0.4, 0.5) is 0 Å². The van der Waals surface area contributed by atoms with Gasteiger partial charge in [0.05, 0.1) is 73.4 Å². The predicted octanol–water partition coefficient (Wildman–Crippen LogP) is -1.75. The van der Waals surface area contributed by atoms with E-state index in [2.05, 4.69) is 53.3 Å². The van der Waals surface area contributed by atoms with Crippen molar-refractivity contribution in [3.63, 3.8) is 0 Å². The van der Waals surface area contributed by atoms with Crippen molar-refractivity contribution in [1.29, 1.82) is 0 Å². The van der Waals surface area contributed by atoms with Crippen molar-refractivity contribution in [2.75, 3.05) is 87.5 Å². The molecule has 4 unspecified atom stereocenters. The smallest absolute Gasteiger partial charge is 0.0555 e. The highest BCUT2D eigenvalue weighted by Gasteiger charge is 2.33. The maximum atomic E-state index is 2.57. The highest BCUT2D eigenvalue weighted by Crippen LogP contribution is 2.17. The van der Waals surface area contributed by atoms with Gasteiger partial charge in [0.25, 0.3) is 0 Å². The van der Waals surface area contributed by atoms with Crippen molar-refractivity contribution in [2.24, 2.45) is 0 Å². The monoisotopic (exact) mass is 296 g/mol. The largest absolute Gasteiger partial charge is 0.280 e. The fourth-order valence-corrected chi connectivity index (χ4v) is 4.24. The molecule has 0 spiro atoms. The van der Waals surface area contributed by atoms with Gasteiger partial charge in [-0.1, -0.05) is 0 Å². The zero-order valence-corrected chi connectivity index (χ0v) is 13.4. The summed E-state index contributed by atoms with van der Waals surface area (Å²) in [6.45, 7) is 12.1. The van der Waals surface area contributed by atoms with E-state index in [4.69, 9.17) is 0 Å². The van der Waals surface area contributed by atoms with Crippen molar-refractivity contribution in [3.05, 3.63) is 0 Å². The minimum absolute atomic E-state index is 1.08. The number of fused-ring (bicyclic) bond motifs is 4. The SMILES string of the molecule is CN1CN2CN(C1)CN(CN1CN3CN(C)CN(C3)C1)C2. The van der Waals surface area contributed by atoms with Gasteiger partial charge in [-0.3, -0.25) is 39.2 Å². The quantitative estimate of drug-likeness (QED) is 0.592. The topological polar surface area (TPSA) is 25.9 Å². The maximum Gasteiger partial charge on any atom is 0.0555 e. The maximum absolute atomic E-state index is 2.57. The van der Waals surface area contributed by atoms with Crippen LogP contribution in [-0.2, 0) is 0 Å². The highest BCUT2D eigenvalue weighted by atomic mass is 15.6. The van der Waals surface area contributed by atoms with E-state index in [0.717, 1.165) is 73.4 Å². The molecule has 4 heterocycles. The lowest BCUT2D eigenvalue weighted by molar-refractivity contribution is -0.157. The first-order chi connectivity index (χ1) is 10.1. The minimum Gasteiger partial charge on any atom is -0.280 e. The summed E-state index contributed by atoms with van der Waals surface area (Å²) in [4.78, 5) is 20.0. The normalized spacial score (nSPS) is 43.1. The number of rotatable bonds is 2. The summed E-state index contributed by atoms with van der Waals surface area (Å²) in [5, 5.41) is 0. The zero-order chi connectivity index (χ0) is 14.4. The number of nitrogens with zero attached hydrogens (tertiary/aromatic N) is 8. The Labute approximate surface area is 127 Å². The molecule has 120 valence electrons. The van der Waals surface area contributed by atoms with E-state index in [1.54, 1.807) is 0 Å². The molecule has 0 aromatic heterocycles. The van der Waals surface area contributed by atoms with Crippen LogP contribution in [0.2, 0.25) is 0 Å². The molecule has 21 heavy (non-hydrogen) atoms. The summed E-state index contributed by atoms with van der Waals surface area (Å²) in [5.41, 5.74) is 0. The molecule has 4 aliphatic rings. The lowest BCUT2D eigenvalue weighted by atomic mass is 10.4. The van der Waals surface area contributed by atoms with Gasteiger partial charge < -0.3 is 0 Å². The van der Waals surface area contributed by atoms with Gasteiger partial charge in [0.2, 0.25) is 0 Å². The molecule has 0 saturated carbocycles. The van der Waals surface area contributed by atoms with Crippen LogP contribution in [0.1, 0.15) is 0 Å². The van der Waals surface area contributed by atoms with Crippen LogP contribution in [0.25, 0.3) is 0 Å². The molecular formula is C13H28N8. The van der Waals surface area contributed by atoms with Crippen LogP contribution in [0.15, 0.2) is 0 Å². The minimum atomic E-state index is 1.08. The van der Waals surface area contributed by atoms with Gasteiger partial charge in [0.1, 0.15) is 0 Å². The second kappa shape index (κ2) is 5.71. The standard InChI is InChI=1S/C13H28N8/c1-14-3-16-7-17(4-14)10-20(9-16)13-21-11-18-5-15(2)6-19(8-18)12-21/h3-13H2,1-2H3. The average molecular weight is 296 g/mol. The van der Waals surface area contributed by atoms with Gasteiger partial charge in [0.15, 0.2) is 0 Å². The van der Waals surface area contributed by atoms with Crippen LogP contribution >= 0.6 is 0 Å². The Hall–Kier alpha value is -0.320. The number of hydrogen-bond donors (Lipinski definition) is 0. The first-order valence-electron chi connectivity index (χ1n) is 7.85. The van der Waals surface area contributed by atoms with Crippen LogP contribution in [0, 0.1) is 0 Å². The van der Waals surface area contributed by atoms with Gasteiger partial charge in [-0.15, -0.1) is 0 Å². The van der Waals surface area contributed by atoms with Gasteiger partial charge >= 0.3 is 0 Å². The predicted molar refractivity (Wildman–Crippen MR) is 80.1 cm³/mol. The molecule has 4 atom stereocenters. The molecule has 4 saturated heterocycles. The molecule has 0 amide bonds. The third kappa shape index (κ3) is 3.22. The summed E-state index contributed by atoms with van der Waals surface area (Å²) in [6.07, 6.45) is 0. The Kier molecular flexibility index (Phi) is 3.88. The summed E-state index contributed by atoms with van der Waals surface area (Å²) in [6, 6.07) is 0. The van der Waals surface area contributed by atoms with E-state index in [-0.39, 0.29) is 0 Å². The lowest BCUT2D eigenvalue weighted by Gasteiger charge is -2.52. The van der Waals surface area contributed by atoms with Crippen molar-refractivity contribution in [3.8, 4) is 0 Å². The summed E-state index contributed by atoms with van der Waals surface area (Å²) < 4.78 is 0.